The number of rotatable bonds is 4. The van der Waals surface area contributed by atoms with E-state index in [1.807, 2.05) is 18.2 Å². The van der Waals surface area contributed by atoms with E-state index in [2.05, 4.69) is 4.98 Å². The number of hydrogen-bond donors (Lipinski definition) is 2. The lowest BCUT2D eigenvalue weighted by Gasteiger charge is -2.05. The van der Waals surface area contributed by atoms with Gasteiger partial charge in [-0.2, -0.15) is 0 Å². The average Bonchev–Trinajstić information content (AvgIpc) is 2.86. The first kappa shape index (κ1) is 16.4. The van der Waals surface area contributed by atoms with Gasteiger partial charge >= 0.3 is 0 Å². The highest BCUT2D eigenvalue weighted by atomic mass is 35.5. The van der Waals surface area contributed by atoms with Gasteiger partial charge in [-0.15, -0.1) is 0 Å². The van der Waals surface area contributed by atoms with Crippen LogP contribution in [0.15, 0.2) is 57.2 Å². The Balaban J connectivity index is 2.14. The number of halogens is 1. The normalized spacial score (nSPS) is 12.0. The summed E-state index contributed by atoms with van der Waals surface area (Å²) in [5, 5.41) is 11.1. The van der Waals surface area contributed by atoms with E-state index >= 15 is 0 Å². The zero-order valence-corrected chi connectivity index (χ0v) is 14.6. The van der Waals surface area contributed by atoms with Crippen LogP contribution < -0.4 is 0 Å². The second-order valence-corrected chi connectivity index (χ2v) is 8.58. The number of aliphatic hydroxyl groups is 1. The molecule has 3 aromatic rings. The van der Waals surface area contributed by atoms with Gasteiger partial charge < -0.3 is 10.1 Å². The van der Waals surface area contributed by atoms with Gasteiger partial charge in [0.1, 0.15) is 0 Å². The third-order valence-electron chi connectivity index (χ3n) is 3.43. The molecule has 0 aliphatic rings. The van der Waals surface area contributed by atoms with Gasteiger partial charge in [-0.3, -0.25) is 0 Å². The summed E-state index contributed by atoms with van der Waals surface area (Å²) in [4.78, 5) is 5.04. The lowest BCUT2D eigenvalue weighted by molar-refractivity contribution is 0.275. The molecular formula is C16H14ClNO3S2. The summed E-state index contributed by atoms with van der Waals surface area (Å²) in [6.45, 7) is -0.171. The number of aromatic nitrogens is 1. The standard InChI is InChI=1S/C16H14ClNO3S2/c1-23(20,21)10-6-7-11-13(8-10)18-14(9-19)16(11)22-15-5-3-2-4-12(15)17/h2-8,18-19H,9H2,1H3. The molecule has 0 fully saturated rings. The Kier molecular flexibility index (Phi) is 4.42. The first-order valence-corrected chi connectivity index (χ1v) is 9.86. The second-order valence-electron chi connectivity index (χ2n) is 5.10. The molecule has 23 heavy (non-hydrogen) atoms. The summed E-state index contributed by atoms with van der Waals surface area (Å²) in [5.41, 5.74) is 1.31. The molecule has 1 aromatic heterocycles. The lowest BCUT2D eigenvalue weighted by Crippen LogP contribution is -1.96. The molecule has 0 spiro atoms. The molecule has 0 aliphatic heterocycles. The van der Waals surface area contributed by atoms with Crippen molar-refractivity contribution in [3.05, 3.63) is 53.2 Å². The van der Waals surface area contributed by atoms with Gasteiger partial charge in [-0.05, 0) is 24.3 Å². The smallest absolute Gasteiger partial charge is 0.175 e. The van der Waals surface area contributed by atoms with Gasteiger partial charge in [-0.1, -0.05) is 41.6 Å². The Labute approximate surface area is 143 Å². The largest absolute Gasteiger partial charge is 0.390 e. The molecule has 0 amide bonds. The van der Waals surface area contributed by atoms with E-state index in [1.165, 1.54) is 18.0 Å². The van der Waals surface area contributed by atoms with Crippen LogP contribution in [0.3, 0.4) is 0 Å². The minimum Gasteiger partial charge on any atom is -0.390 e. The highest BCUT2D eigenvalue weighted by molar-refractivity contribution is 7.99. The fourth-order valence-electron chi connectivity index (χ4n) is 2.30. The van der Waals surface area contributed by atoms with E-state index in [0.717, 1.165) is 15.2 Å². The molecule has 0 saturated carbocycles. The number of nitrogens with one attached hydrogen (secondary N) is 1. The Bertz CT molecular complexity index is 980. The van der Waals surface area contributed by atoms with Crippen LogP contribution >= 0.6 is 23.4 Å². The van der Waals surface area contributed by atoms with E-state index < -0.39 is 9.84 Å². The zero-order chi connectivity index (χ0) is 16.6. The monoisotopic (exact) mass is 367 g/mol. The molecule has 0 atom stereocenters. The first-order valence-electron chi connectivity index (χ1n) is 6.78. The van der Waals surface area contributed by atoms with E-state index in [0.29, 0.717) is 16.2 Å². The van der Waals surface area contributed by atoms with Gasteiger partial charge in [0, 0.05) is 26.9 Å². The summed E-state index contributed by atoms with van der Waals surface area (Å²) in [5.74, 6) is 0. The third-order valence-corrected chi connectivity index (χ3v) is 6.23. The van der Waals surface area contributed by atoms with E-state index in [4.69, 9.17) is 11.6 Å². The minimum atomic E-state index is -3.28. The van der Waals surface area contributed by atoms with Crippen molar-refractivity contribution in [2.75, 3.05) is 6.26 Å². The van der Waals surface area contributed by atoms with Crippen molar-refractivity contribution < 1.29 is 13.5 Å². The fraction of sp³-hybridized carbons (Fsp3) is 0.125. The number of sulfone groups is 1. The van der Waals surface area contributed by atoms with Crippen LogP contribution in [-0.4, -0.2) is 24.8 Å². The third kappa shape index (κ3) is 3.26. The van der Waals surface area contributed by atoms with Crippen molar-refractivity contribution in [1.29, 1.82) is 0 Å². The maximum atomic E-state index is 11.7. The minimum absolute atomic E-state index is 0.171. The quantitative estimate of drug-likeness (QED) is 0.734. The Hall–Kier alpha value is -1.47. The predicted molar refractivity (Wildman–Crippen MR) is 92.9 cm³/mol. The first-order chi connectivity index (χ1) is 10.9. The Morgan fingerprint density at radius 1 is 1.22 bits per heavy atom. The molecule has 2 aromatic carbocycles. The molecule has 1 heterocycles. The molecule has 0 radical (unpaired) electrons. The van der Waals surface area contributed by atoms with E-state index in [-0.39, 0.29) is 11.5 Å². The van der Waals surface area contributed by atoms with Crippen molar-refractivity contribution >= 4 is 44.1 Å². The Morgan fingerprint density at radius 2 is 1.96 bits per heavy atom. The van der Waals surface area contributed by atoms with Crippen LogP contribution in [0.5, 0.6) is 0 Å². The van der Waals surface area contributed by atoms with Crippen LogP contribution in [0.2, 0.25) is 5.02 Å². The molecular weight excluding hydrogens is 354 g/mol. The molecule has 3 rings (SSSR count). The SMILES string of the molecule is CS(=O)(=O)c1ccc2c(Sc3ccccc3Cl)c(CO)[nH]c2c1. The highest BCUT2D eigenvalue weighted by Crippen LogP contribution is 2.40. The molecule has 4 nitrogen and oxygen atoms in total. The molecule has 0 unspecified atom stereocenters. The molecule has 7 heteroatoms. The molecule has 120 valence electrons. The van der Waals surface area contributed by atoms with Crippen molar-refractivity contribution in [1.82, 2.24) is 4.98 Å². The lowest BCUT2D eigenvalue weighted by atomic mass is 10.2. The van der Waals surface area contributed by atoms with E-state index in [1.54, 1.807) is 24.3 Å². The maximum absolute atomic E-state index is 11.7. The van der Waals surface area contributed by atoms with Crippen LogP contribution in [-0.2, 0) is 16.4 Å². The van der Waals surface area contributed by atoms with Crippen LogP contribution in [0.4, 0.5) is 0 Å². The number of benzene rings is 2. The maximum Gasteiger partial charge on any atom is 0.175 e. The molecule has 0 bridgehead atoms. The summed E-state index contributed by atoms with van der Waals surface area (Å²) in [6, 6.07) is 12.4. The van der Waals surface area contributed by atoms with Crippen molar-refractivity contribution in [2.24, 2.45) is 0 Å². The van der Waals surface area contributed by atoms with Gasteiger partial charge in [0.15, 0.2) is 9.84 Å². The summed E-state index contributed by atoms with van der Waals surface area (Å²) in [6.07, 6.45) is 1.17. The predicted octanol–water partition coefficient (Wildman–Crippen LogP) is 3.87. The van der Waals surface area contributed by atoms with Crippen molar-refractivity contribution in [2.45, 2.75) is 21.3 Å². The van der Waals surface area contributed by atoms with Crippen molar-refractivity contribution in [3.8, 4) is 0 Å². The molecule has 2 N–H and O–H groups in total. The molecule has 0 saturated heterocycles. The fourth-order valence-corrected chi connectivity index (χ4v) is 4.26. The van der Waals surface area contributed by atoms with Crippen LogP contribution in [0, 0.1) is 0 Å². The van der Waals surface area contributed by atoms with Gasteiger partial charge in [0.2, 0.25) is 0 Å². The number of aliphatic hydroxyl groups excluding tert-OH is 1. The average molecular weight is 368 g/mol. The van der Waals surface area contributed by atoms with E-state index in [9.17, 15) is 13.5 Å². The number of fused-ring (bicyclic) bond motifs is 1. The number of hydrogen-bond acceptors (Lipinski definition) is 4. The van der Waals surface area contributed by atoms with Crippen LogP contribution in [0.25, 0.3) is 10.9 Å². The number of H-pyrrole nitrogens is 1. The topological polar surface area (TPSA) is 70.2 Å². The Morgan fingerprint density at radius 3 is 2.61 bits per heavy atom. The molecule has 0 aliphatic carbocycles. The number of aromatic amines is 1. The summed E-state index contributed by atoms with van der Waals surface area (Å²) < 4.78 is 23.4. The van der Waals surface area contributed by atoms with Crippen molar-refractivity contribution in [3.63, 3.8) is 0 Å². The van der Waals surface area contributed by atoms with Gasteiger partial charge in [0.05, 0.1) is 22.2 Å². The second kappa shape index (κ2) is 6.20. The van der Waals surface area contributed by atoms with Gasteiger partial charge in [0.25, 0.3) is 0 Å². The van der Waals surface area contributed by atoms with Gasteiger partial charge in [-0.25, -0.2) is 8.42 Å². The summed E-state index contributed by atoms with van der Waals surface area (Å²) >= 11 is 7.64. The highest BCUT2D eigenvalue weighted by Gasteiger charge is 2.16. The summed E-state index contributed by atoms with van der Waals surface area (Å²) in [7, 11) is -3.28. The van der Waals surface area contributed by atoms with Crippen LogP contribution in [0.1, 0.15) is 5.69 Å². The zero-order valence-electron chi connectivity index (χ0n) is 12.2.